The largest absolute Gasteiger partial charge is 0.497 e. The maximum Gasteiger partial charge on any atom is 0.325 e. The number of aliphatic imine (C=N–C) groups is 1. The number of rotatable bonds is 4. The summed E-state index contributed by atoms with van der Waals surface area (Å²) in [7, 11) is 3.00. The van der Waals surface area contributed by atoms with E-state index in [-0.39, 0.29) is 29.8 Å². The van der Waals surface area contributed by atoms with Crippen LogP contribution in [0.25, 0.3) is 0 Å². The highest BCUT2D eigenvalue weighted by Crippen LogP contribution is 2.48. The Kier molecular flexibility index (Phi) is 5.56. The maximum absolute atomic E-state index is 13.5. The summed E-state index contributed by atoms with van der Waals surface area (Å²) >= 11 is 0. The van der Waals surface area contributed by atoms with Crippen molar-refractivity contribution < 1.29 is 19.1 Å². The molecule has 2 aromatic rings. The molecule has 1 aliphatic heterocycles. The lowest BCUT2D eigenvalue weighted by atomic mass is 9.68. The van der Waals surface area contributed by atoms with Gasteiger partial charge in [0.15, 0.2) is 0 Å². The van der Waals surface area contributed by atoms with Crippen molar-refractivity contribution in [3.05, 3.63) is 54.1 Å². The van der Waals surface area contributed by atoms with Gasteiger partial charge in [0.2, 0.25) is 0 Å². The quantitative estimate of drug-likeness (QED) is 0.681. The second-order valence-corrected chi connectivity index (χ2v) is 8.98. The van der Waals surface area contributed by atoms with Crippen molar-refractivity contribution in [1.82, 2.24) is 0 Å². The molecule has 4 rings (SSSR count). The summed E-state index contributed by atoms with van der Waals surface area (Å²) in [6.07, 6.45) is 1.21. The van der Waals surface area contributed by atoms with Crippen LogP contribution in [-0.2, 0) is 14.3 Å². The van der Waals surface area contributed by atoms with E-state index in [0.717, 1.165) is 34.8 Å². The third-order valence-electron chi connectivity index (χ3n) is 6.11. The van der Waals surface area contributed by atoms with E-state index in [1.807, 2.05) is 53.4 Å². The molecule has 0 saturated heterocycles. The van der Waals surface area contributed by atoms with Gasteiger partial charge in [-0.25, -0.2) is 0 Å². The minimum Gasteiger partial charge on any atom is -0.497 e. The first kappa shape index (κ1) is 21.1. The highest BCUT2D eigenvalue weighted by Gasteiger charge is 2.46. The molecular weight excluding hydrogens is 392 g/mol. The van der Waals surface area contributed by atoms with Gasteiger partial charge in [-0.2, -0.15) is 0 Å². The second kappa shape index (κ2) is 8.17. The summed E-state index contributed by atoms with van der Waals surface area (Å²) in [5, 5.41) is 0. The van der Waals surface area contributed by atoms with Gasteiger partial charge in [-0.05, 0) is 41.7 Å². The fourth-order valence-electron chi connectivity index (χ4n) is 4.74. The first-order valence-electron chi connectivity index (χ1n) is 10.5. The van der Waals surface area contributed by atoms with Crippen molar-refractivity contribution >= 4 is 28.8 Å². The molecule has 2 atom stereocenters. The lowest BCUT2D eigenvalue weighted by Crippen LogP contribution is -2.46. The fraction of sp³-hybridized carbons (Fsp3) is 0.400. The average molecular weight is 421 g/mol. The molecule has 0 amide bonds. The zero-order valence-electron chi connectivity index (χ0n) is 18.4. The number of Topliss-reactive ketones (excluding diaryl/α,β-unsaturated/α-hetero) is 1. The molecule has 2 aromatic carbocycles. The van der Waals surface area contributed by atoms with Crippen molar-refractivity contribution in [3.8, 4) is 5.75 Å². The van der Waals surface area contributed by atoms with Gasteiger partial charge < -0.3 is 14.4 Å². The lowest BCUT2D eigenvalue weighted by molar-refractivity contribution is -0.139. The Morgan fingerprint density at radius 1 is 1.10 bits per heavy atom. The SMILES string of the molecule is COC(=O)CN1c2ccccc2N=C2CC(C)(C)CC(=O)C2[C@@H]1c1ccc(OC)cc1. The molecule has 1 saturated carbocycles. The Morgan fingerprint density at radius 3 is 2.48 bits per heavy atom. The smallest absolute Gasteiger partial charge is 0.325 e. The molecule has 0 N–H and O–H groups in total. The molecule has 1 aliphatic carbocycles. The number of ether oxygens (including phenoxy) is 2. The van der Waals surface area contributed by atoms with Gasteiger partial charge in [-0.1, -0.05) is 38.1 Å². The number of hydrogen-bond acceptors (Lipinski definition) is 6. The Balaban J connectivity index is 1.92. The minimum absolute atomic E-state index is 0.0280. The first-order chi connectivity index (χ1) is 14.8. The van der Waals surface area contributed by atoms with Crippen molar-refractivity contribution in [2.45, 2.75) is 32.7 Å². The summed E-state index contributed by atoms with van der Waals surface area (Å²) in [6.45, 7) is 4.24. The van der Waals surface area contributed by atoms with Crippen LogP contribution in [0.1, 0.15) is 38.3 Å². The Bertz CT molecular complexity index is 1030. The molecular formula is C25H28N2O4. The molecule has 2 aliphatic rings. The minimum atomic E-state index is -0.432. The predicted molar refractivity (Wildman–Crippen MR) is 120 cm³/mol. The van der Waals surface area contributed by atoms with Crippen LogP contribution in [0.2, 0.25) is 0 Å². The van der Waals surface area contributed by atoms with Crippen LogP contribution in [0.15, 0.2) is 53.5 Å². The van der Waals surface area contributed by atoms with Crippen LogP contribution in [0.4, 0.5) is 11.4 Å². The molecule has 31 heavy (non-hydrogen) atoms. The number of ketones is 1. The highest BCUT2D eigenvalue weighted by atomic mass is 16.5. The van der Waals surface area contributed by atoms with E-state index in [1.165, 1.54) is 7.11 Å². The molecule has 6 nitrogen and oxygen atoms in total. The molecule has 6 heteroatoms. The zero-order valence-corrected chi connectivity index (χ0v) is 18.4. The Labute approximate surface area is 182 Å². The van der Waals surface area contributed by atoms with Crippen molar-refractivity contribution in [1.29, 1.82) is 0 Å². The number of carbonyl (C=O) groups is 2. The van der Waals surface area contributed by atoms with E-state index in [1.54, 1.807) is 7.11 Å². The van der Waals surface area contributed by atoms with Crippen LogP contribution in [0.5, 0.6) is 5.75 Å². The topological polar surface area (TPSA) is 68.2 Å². The number of anilines is 1. The summed E-state index contributed by atoms with van der Waals surface area (Å²) in [6, 6.07) is 15.1. The van der Waals surface area contributed by atoms with Crippen LogP contribution in [-0.4, -0.2) is 38.2 Å². The predicted octanol–water partition coefficient (Wildman–Crippen LogP) is 4.51. The number of nitrogens with zero attached hydrogens (tertiary/aromatic N) is 2. The molecule has 1 heterocycles. The monoisotopic (exact) mass is 420 g/mol. The lowest BCUT2D eigenvalue weighted by Gasteiger charge is -2.41. The number of para-hydroxylation sites is 2. The number of esters is 1. The van der Waals surface area contributed by atoms with Crippen molar-refractivity contribution in [2.75, 3.05) is 25.7 Å². The standard InChI is InChI=1S/C25H28N2O4/c1-25(2)13-19-23(21(28)14-25)24(16-9-11-17(30-3)12-10-16)27(15-22(29)31-4)20-8-6-5-7-18(20)26-19/h5-12,23-24H,13-15H2,1-4H3/t23?,24-/m0/s1. The normalized spacial score (nSPS) is 22.0. The van der Waals surface area contributed by atoms with Crippen LogP contribution < -0.4 is 9.64 Å². The van der Waals surface area contributed by atoms with Gasteiger partial charge >= 0.3 is 5.97 Å². The third kappa shape index (κ3) is 4.07. The van der Waals surface area contributed by atoms with Crippen LogP contribution >= 0.6 is 0 Å². The van der Waals surface area contributed by atoms with Gasteiger partial charge in [-0.15, -0.1) is 0 Å². The fourth-order valence-corrected chi connectivity index (χ4v) is 4.74. The summed E-state index contributed by atoms with van der Waals surface area (Å²) in [5.74, 6) is 0.0969. The number of hydrogen-bond donors (Lipinski definition) is 0. The van der Waals surface area contributed by atoms with Crippen molar-refractivity contribution in [2.24, 2.45) is 16.3 Å². The van der Waals surface area contributed by atoms with E-state index >= 15 is 0 Å². The van der Waals surface area contributed by atoms with Crippen molar-refractivity contribution in [3.63, 3.8) is 0 Å². The molecule has 0 bridgehead atoms. The van der Waals surface area contributed by atoms with E-state index < -0.39 is 5.92 Å². The number of methoxy groups -OCH3 is 2. The van der Waals surface area contributed by atoms with Gasteiger partial charge in [0.05, 0.1) is 37.6 Å². The molecule has 0 spiro atoms. The zero-order chi connectivity index (χ0) is 22.2. The number of benzene rings is 2. The summed E-state index contributed by atoms with van der Waals surface area (Å²) < 4.78 is 10.3. The molecule has 1 unspecified atom stereocenters. The Hall–Kier alpha value is -3.15. The molecule has 0 radical (unpaired) electrons. The van der Waals surface area contributed by atoms with Gasteiger partial charge in [-0.3, -0.25) is 14.6 Å². The van der Waals surface area contributed by atoms with E-state index in [2.05, 4.69) is 13.8 Å². The number of fused-ring (bicyclic) bond motifs is 2. The summed E-state index contributed by atoms with van der Waals surface area (Å²) in [4.78, 5) is 32.9. The van der Waals surface area contributed by atoms with Crippen LogP contribution in [0, 0.1) is 11.3 Å². The third-order valence-corrected chi connectivity index (χ3v) is 6.11. The van der Waals surface area contributed by atoms with Gasteiger partial charge in [0, 0.05) is 12.1 Å². The van der Waals surface area contributed by atoms with E-state index in [0.29, 0.717) is 6.42 Å². The van der Waals surface area contributed by atoms with Gasteiger partial charge in [0.1, 0.15) is 18.1 Å². The number of carbonyl (C=O) groups excluding carboxylic acids is 2. The second-order valence-electron chi connectivity index (χ2n) is 8.98. The first-order valence-corrected chi connectivity index (χ1v) is 10.5. The summed E-state index contributed by atoms with van der Waals surface area (Å²) in [5.41, 5.74) is 3.26. The molecule has 1 fully saturated rings. The van der Waals surface area contributed by atoms with Gasteiger partial charge in [0.25, 0.3) is 0 Å². The van der Waals surface area contributed by atoms with E-state index in [9.17, 15) is 9.59 Å². The Morgan fingerprint density at radius 2 is 1.81 bits per heavy atom. The van der Waals surface area contributed by atoms with Crippen LogP contribution in [0.3, 0.4) is 0 Å². The highest BCUT2D eigenvalue weighted by molar-refractivity contribution is 6.11. The molecule has 0 aromatic heterocycles. The maximum atomic E-state index is 13.5. The van der Waals surface area contributed by atoms with E-state index in [4.69, 9.17) is 14.5 Å². The average Bonchev–Trinajstić information content (AvgIpc) is 2.87. The molecule has 162 valence electrons.